The van der Waals surface area contributed by atoms with Crippen LogP contribution in [-0.4, -0.2) is 8.07 Å². The van der Waals surface area contributed by atoms with Crippen molar-refractivity contribution in [2.24, 2.45) is 0 Å². The number of hydrogen-bond donors (Lipinski definition) is 0. The molecule has 1 aliphatic carbocycles. The number of aryl methyl sites for hydroxylation is 1. The summed E-state index contributed by atoms with van der Waals surface area (Å²) in [5.74, 6) is 0. The van der Waals surface area contributed by atoms with Crippen LogP contribution in [0.2, 0.25) is 13.1 Å². The van der Waals surface area contributed by atoms with Crippen LogP contribution in [0.3, 0.4) is 0 Å². The van der Waals surface area contributed by atoms with Crippen molar-refractivity contribution in [3.63, 3.8) is 0 Å². The summed E-state index contributed by atoms with van der Waals surface area (Å²) in [6.45, 7) is 9.46. The molecule has 0 N–H and O–H groups in total. The number of hydrogen-bond acceptors (Lipinski definition) is 1. The first-order valence-electron chi connectivity index (χ1n) is 7.91. The van der Waals surface area contributed by atoms with E-state index in [1.54, 1.807) is 21.2 Å². The van der Waals surface area contributed by atoms with Gasteiger partial charge in [-0.25, -0.2) is 0 Å². The molecule has 25 heavy (non-hydrogen) atoms. The zero-order valence-electron chi connectivity index (χ0n) is 14.9. The molecule has 1 atom stereocenters. The molecule has 5 heteroatoms. The third-order valence-corrected chi connectivity index (χ3v) is 10.4. The Hall–Kier alpha value is -0.0500. The molecule has 1 aromatic heterocycles. The first kappa shape index (κ1) is 23.0. The molecule has 3 heterocycles. The van der Waals surface area contributed by atoms with E-state index in [2.05, 4.69) is 74.8 Å². The van der Waals surface area contributed by atoms with Crippen molar-refractivity contribution < 1.29 is 51.0 Å². The predicted molar refractivity (Wildman–Crippen MR) is 101 cm³/mol. The smallest absolute Gasteiger partial charge is 1.00 e. The molecule has 0 spiro atoms. The molecule has 1 radical (unpaired) electrons. The molecule has 6 rings (SSSR count). The van der Waals surface area contributed by atoms with Crippen LogP contribution in [0.25, 0.3) is 16.0 Å². The zero-order chi connectivity index (χ0) is 15.5. The number of benzene rings is 1. The molecule has 0 fully saturated rings. The van der Waals surface area contributed by atoms with Crippen LogP contribution in [0, 0.1) is 6.92 Å². The Balaban J connectivity index is 0.000000226. The maximum Gasteiger partial charge on any atom is 3.00 e. The van der Waals surface area contributed by atoms with Crippen molar-refractivity contribution in [3.05, 3.63) is 69.4 Å². The molecule has 0 nitrogen and oxygen atoms in total. The van der Waals surface area contributed by atoms with Crippen LogP contribution >= 0.6 is 11.3 Å². The van der Waals surface area contributed by atoms with Crippen LogP contribution in [0.5, 0.6) is 0 Å². The Morgan fingerprint density at radius 2 is 1.72 bits per heavy atom. The molecular formula is C20H21Cl2SSiZr. The second-order valence-corrected chi connectivity index (χ2v) is 12.5. The second kappa shape index (κ2) is 8.31. The maximum absolute atomic E-state index is 2.51. The Labute approximate surface area is 187 Å². The summed E-state index contributed by atoms with van der Waals surface area (Å²) < 4.78 is 0. The fourth-order valence-electron chi connectivity index (χ4n) is 4.41. The quantitative estimate of drug-likeness (QED) is 0.319. The van der Waals surface area contributed by atoms with Gasteiger partial charge in [0.15, 0.2) is 0 Å². The van der Waals surface area contributed by atoms with Gasteiger partial charge in [0.2, 0.25) is 0 Å². The molecule has 2 aliphatic heterocycles. The van der Waals surface area contributed by atoms with E-state index in [1.165, 1.54) is 16.3 Å². The molecule has 0 saturated heterocycles. The van der Waals surface area contributed by atoms with Gasteiger partial charge in [-0.1, -0.05) is 31.7 Å². The minimum Gasteiger partial charge on any atom is -1.00 e. The molecule has 3 aromatic rings. The average Bonchev–Trinajstić information content (AvgIpc) is 3.13. The van der Waals surface area contributed by atoms with Crippen molar-refractivity contribution in [2.45, 2.75) is 32.5 Å². The summed E-state index contributed by atoms with van der Waals surface area (Å²) in [5, 5.41) is 6.71. The van der Waals surface area contributed by atoms with Crippen LogP contribution in [0.4, 0.5) is 0 Å². The molecule has 3 aliphatic rings. The number of allylic oxidation sites excluding steroid dienone is 1. The number of halogens is 2. The van der Waals surface area contributed by atoms with Gasteiger partial charge in [-0.2, -0.15) is 6.07 Å². The monoisotopic (exact) mass is 481 g/mol. The maximum atomic E-state index is 2.51. The van der Waals surface area contributed by atoms with Gasteiger partial charge in [0.05, 0.1) is 8.07 Å². The standard InChI is InChI=1S/C10H12SSi.C10H9.2ClH.Zr/c1-6-9-7-4-5-11-8(7)10(6)12(9,2)3;1-8-6-9-4-2-3-5-10(9)7-8;;;/h4-5,9H,1-3H3;2-7H,1H3;2*1H;/q;-1;;;+3/p-2. The predicted octanol–water partition coefficient (Wildman–Crippen LogP) is 0.292. The number of rotatable bonds is 0. The Morgan fingerprint density at radius 1 is 1.04 bits per heavy atom. The second-order valence-electron chi connectivity index (χ2n) is 7.08. The Kier molecular flexibility index (Phi) is 7.65. The number of thiophene rings is 1. The molecule has 0 amide bonds. The van der Waals surface area contributed by atoms with Crippen molar-refractivity contribution >= 4 is 35.4 Å². The van der Waals surface area contributed by atoms with E-state index >= 15 is 0 Å². The molecule has 0 saturated carbocycles. The van der Waals surface area contributed by atoms with Crippen LogP contribution in [-0.2, 0) is 26.2 Å². The summed E-state index contributed by atoms with van der Waals surface area (Å²) in [6.07, 6.45) is 0. The van der Waals surface area contributed by atoms with Gasteiger partial charge >= 0.3 is 26.2 Å². The van der Waals surface area contributed by atoms with E-state index in [4.69, 9.17) is 0 Å². The summed E-state index contributed by atoms with van der Waals surface area (Å²) in [6, 6.07) is 15.2. The molecule has 2 bridgehead atoms. The average molecular weight is 484 g/mol. The summed E-state index contributed by atoms with van der Waals surface area (Å²) >= 11 is 1.94. The van der Waals surface area contributed by atoms with Gasteiger partial charge in [-0.15, -0.1) is 51.9 Å². The van der Waals surface area contributed by atoms with E-state index < -0.39 is 8.07 Å². The zero-order valence-corrected chi connectivity index (χ0v) is 20.6. The minimum atomic E-state index is -0.972. The van der Waals surface area contributed by atoms with Gasteiger partial charge < -0.3 is 24.8 Å². The van der Waals surface area contributed by atoms with Gasteiger partial charge in [-0.3, -0.25) is 0 Å². The Morgan fingerprint density at radius 3 is 2.32 bits per heavy atom. The van der Waals surface area contributed by atoms with Crippen LogP contribution in [0.1, 0.15) is 28.5 Å². The first-order valence-corrected chi connectivity index (χ1v) is 11.9. The van der Waals surface area contributed by atoms with Crippen molar-refractivity contribution in [1.29, 1.82) is 0 Å². The SMILES string of the molecule is CC1=C2c3sccc3C1[Si]2(C)C.Cc1cc2ccccc2[cH-]1.[Cl-].[Cl-].[Zr+3]. The van der Waals surface area contributed by atoms with E-state index in [9.17, 15) is 0 Å². The fourth-order valence-corrected chi connectivity index (χ4v) is 10.6. The van der Waals surface area contributed by atoms with E-state index in [-0.39, 0.29) is 51.0 Å². The molecular weight excluding hydrogens is 463 g/mol. The summed E-state index contributed by atoms with van der Waals surface area (Å²) in [4.78, 5) is 1.63. The molecule has 1 unspecified atom stereocenters. The molecule has 129 valence electrons. The van der Waals surface area contributed by atoms with Gasteiger partial charge in [-0.05, 0) is 29.1 Å². The number of fused-ring (bicyclic) bond motifs is 1. The topological polar surface area (TPSA) is 0 Å². The molecule has 2 aromatic carbocycles. The minimum absolute atomic E-state index is 0. The first-order chi connectivity index (χ1) is 10.5. The van der Waals surface area contributed by atoms with Crippen LogP contribution < -0.4 is 24.8 Å². The fraction of sp³-hybridized carbons (Fsp3) is 0.250. The van der Waals surface area contributed by atoms with E-state index in [0.29, 0.717) is 0 Å². The third-order valence-electron chi connectivity index (χ3n) is 5.19. The van der Waals surface area contributed by atoms with Crippen molar-refractivity contribution in [2.75, 3.05) is 0 Å². The Bertz CT molecular complexity index is 874. The van der Waals surface area contributed by atoms with E-state index in [0.717, 1.165) is 5.54 Å². The van der Waals surface area contributed by atoms with Crippen LogP contribution in [0.15, 0.2) is 53.4 Å². The third kappa shape index (κ3) is 3.56. The van der Waals surface area contributed by atoms with Gasteiger partial charge in [0, 0.05) is 10.4 Å². The van der Waals surface area contributed by atoms with Gasteiger partial charge in [0.1, 0.15) is 0 Å². The van der Waals surface area contributed by atoms with Gasteiger partial charge in [0.25, 0.3) is 0 Å². The summed E-state index contributed by atoms with van der Waals surface area (Å²) in [7, 11) is -0.972. The van der Waals surface area contributed by atoms with Crippen molar-refractivity contribution in [1.82, 2.24) is 0 Å². The summed E-state index contributed by atoms with van der Waals surface area (Å²) in [5.41, 5.74) is 5.58. The largest absolute Gasteiger partial charge is 3.00 e. The normalized spacial score (nSPS) is 18.0. The van der Waals surface area contributed by atoms with E-state index in [1.807, 2.05) is 11.3 Å². The van der Waals surface area contributed by atoms with Crippen molar-refractivity contribution in [3.8, 4) is 0 Å².